The van der Waals surface area contributed by atoms with Crippen LogP contribution in [0.2, 0.25) is 0 Å². The van der Waals surface area contributed by atoms with Crippen LogP contribution in [0.25, 0.3) is 0 Å². The number of amides is 1. The first kappa shape index (κ1) is 28.1. The number of carbonyl (C=O) groups excluding carboxylic acids is 1. The fourth-order valence-corrected chi connectivity index (χ4v) is 7.94. The van der Waals surface area contributed by atoms with Crippen LogP contribution in [0, 0.1) is 13.8 Å². The normalized spacial score (nSPS) is 19.5. The highest BCUT2D eigenvalue weighted by molar-refractivity contribution is 7.89. The Bertz CT molecular complexity index is 1240. The number of carbonyl (C=O) groups is 1. The lowest BCUT2D eigenvalue weighted by Gasteiger charge is -2.36. The zero-order valence-corrected chi connectivity index (χ0v) is 24.3. The fraction of sp³-hybridized carbons (Fsp3) is 0.621. The van der Waals surface area contributed by atoms with Crippen molar-refractivity contribution in [1.29, 1.82) is 0 Å². The van der Waals surface area contributed by atoms with E-state index in [1.165, 1.54) is 42.9 Å². The number of piperazine rings is 1. The zero-order chi connectivity index (χ0) is 27.6. The molecule has 1 amide bonds. The molecule has 214 valence electrons. The molecule has 5 rings (SSSR count). The molecule has 39 heavy (non-hydrogen) atoms. The number of hydrogen-bond acceptors (Lipinski definition) is 7. The molecule has 1 aromatic carbocycles. The van der Waals surface area contributed by atoms with Crippen molar-refractivity contribution in [1.82, 2.24) is 19.0 Å². The van der Waals surface area contributed by atoms with Gasteiger partial charge in [0.15, 0.2) is 0 Å². The molecule has 2 saturated heterocycles. The molecule has 3 fully saturated rings. The van der Waals surface area contributed by atoms with Gasteiger partial charge in [-0.2, -0.15) is 4.31 Å². The Hall–Kier alpha value is -2.40. The molecule has 1 saturated carbocycles. The summed E-state index contributed by atoms with van der Waals surface area (Å²) in [6.07, 6.45) is 7.08. The van der Waals surface area contributed by atoms with Crippen molar-refractivity contribution in [2.24, 2.45) is 0 Å². The number of ether oxygens (including phenoxy) is 1. The Morgan fingerprint density at radius 1 is 0.949 bits per heavy atom. The van der Waals surface area contributed by atoms with E-state index in [0.29, 0.717) is 46.2 Å². The highest BCUT2D eigenvalue weighted by Gasteiger charge is 2.40. The molecule has 2 aliphatic heterocycles. The molecule has 9 nitrogen and oxygen atoms in total. The lowest BCUT2D eigenvalue weighted by atomic mass is 10.1. The Kier molecular flexibility index (Phi) is 8.66. The number of rotatable bonds is 10. The molecule has 0 spiro atoms. The molecule has 0 atom stereocenters. The number of nitrogens with zero attached hydrogens (tertiary/aromatic N) is 4. The third-order valence-corrected chi connectivity index (χ3v) is 10.4. The molecule has 0 bridgehead atoms. The second-order valence-electron chi connectivity index (χ2n) is 11.2. The van der Waals surface area contributed by atoms with Crippen molar-refractivity contribution >= 4 is 15.9 Å². The molecular weight excluding hydrogens is 516 g/mol. The predicted octanol–water partition coefficient (Wildman–Crippen LogP) is 3.50. The monoisotopic (exact) mass is 558 g/mol. The van der Waals surface area contributed by atoms with Gasteiger partial charge in [0.2, 0.25) is 10.0 Å². The van der Waals surface area contributed by atoms with Crippen molar-refractivity contribution in [2.75, 3.05) is 59.5 Å². The quantitative estimate of drug-likeness (QED) is 0.441. The van der Waals surface area contributed by atoms with E-state index in [1.807, 2.05) is 4.90 Å². The standard InChI is InChI=1S/C29H42N4O5S/c1-22-17-26(37-3)18-23(2)28(22)39(35,36)33(25-7-8-25)20-27-19-24(21-38-27)29(34)32-15-13-31(14-16-32)12-11-30-9-5-4-6-10-30/h17-19,21,25H,4-16,20H2,1-3H3. The Balaban J connectivity index is 1.20. The first-order valence-electron chi connectivity index (χ1n) is 14.2. The molecule has 3 heterocycles. The largest absolute Gasteiger partial charge is 0.497 e. The third-order valence-electron chi connectivity index (χ3n) is 8.24. The number of sulfonamides is 1. The van der Waals surface area contributed by atoms with Crippen molar-refractivity contribution in [3.8, 4) is 5.75 Å². The minimum Gasteiger partial charge on any atom is -0.497 e. The van der Waals surface area contributed by atoms with Gasteiger partial charge in [0.05, 0.1) is 24.1 Å². The second kappa shape index (κ2) is 12.0. The average Bonchev–Trinajstić information content (AvgIpc) is 3.66. The highest BCUT2D eigenvalue weighted by Crippen LogP contribution is 2.36. The van der Waals surface area contributed by atoms with E-state index >= 15 is 0 Å². The summed E-state index contributed by atoms with van der Waals surface area (Å²) in [6, 6.07) is 5.16. The topological polar surface area (TPSA) is 86.5 Å². The minimum absolute atomic E-state index is 0.0525. The van der Waals surface area contributed by atoms with Crippen molar-refractivity contribution in [2.45, 2.75) is 63.4 Å². The first-order chi connectivity index (χ1) is 18.8. The van der Waals surface area contributed by atoms with E-state index in [4.69, 9.17) is 9.15 Å². The van der Waals surface area contributed by atoms with E-state index in [0.717, 1.165) is 39.0 Å². The van der Waals surface area contributed by atoms with Gasteiger partial charge in [0, 0.05) is 45.3 Å². The summed E-state index contributed by atoms with van der Waals surface area (Å²) < 4.78 is 40.2. The van der Waals surface area contributed by atoms with E-state index < -0.39 is 10.0 Å². The molecule has 10 heteroatoms. The molecule has 1 aromatic heterocycles. The van der Waals surface area contributed by atoms with Crippen molar-refractivity contribution in [3.63, 3.8) is 0 Å². The van der Waals surface area contributed by atoms with Gasteiger partial charge in [0.25, 0.3) is 5.91 Å². The van der Waals surface area contributed by atoms with Crippen LogP contribution in [0.15, 0.2) is 33.8 Å². The van der Waals surface area contributed by atoms with Crippen molar-refractivity contribution in [3.05, 3.63) is 46.9 Å². The van der Waals surface area contributed by atoms with Crippen LogP contribution < -0.4 is 4.74 Å². The molecule has 3 aliphatic rings. The Morgan fingerprint density at radius 2 is 1.56 bits per heavy atom. The molecule has 0 unspecified atom stereocenters. The summed E-state index contributed by atoms with van der Waals surface area (Å²) in [5, 5.41) is 0. The van der Waals surface area contributed by atoms with Crippen molar-refractivity contribution < 1.29 is 22.4 Å². The van der Waals surface area contributed by atoms with Gasteiger partial charge in [-0.15, -0.1) is 0 Å². The Morgan fingerprint density at radius 3 is 2.15 bits per heavy atom. The van der Waals surface area contributed by atoms with Gasteiger partial charge < -0.3 is 19.0 Å². The predicted molar refractivity (Wildman–Crippen MR) is 150 cm³/mol. The fourth-order valence-electron chi connectivity index (χ4n) is 5.88. The number of piperidine rings is 1. The number of hydrogen-bond donors (Lipinski definition) is 0. The maximum absolute atomic E-state index is 13.8. The minimum atomic E-state index is -3.76. The lowest BCUT2D eigenvalue weighted by molar-refractivity contribution is 0.0618. The first-order valence-corrected chi connectivity index (χ1v) is 15.7. The molecule has 0 radical (unpaired) electrons. The summed E-state index contributed by atoms with van der Waals surface area (Å²) in [7, 11) is -2.19. The van der Waals surface area contributed by atoms with E-state index in [9.17, 15) is 13.2 Å². The maximum atomic E-state index is 13.8. The summed E-state index contributed by atoms with van der Waals surface area (Å²) in [4.78, 5) is 20.4. The molecular formula is C29H42N4O5S. The van der Waals surface area contributed by atoms with E-state index in [-0.39, 0.29) is 18.5 Å². The molecule has 0 N–H and O–H groups in total. The Labute approximate surface area is 232 Å². The number of methoxy groups -OCH3 is 1. The zero-order valence-electron chi connectivity index (χ0n) is 23.5. The van der Waals surface area contributed by atoms with Crippen LogP contribution in [0.3, 0.4) is 0 Å². The summed E-state index contributed by atoms with van der Waals surface area (Å²) in [5.41, 5.74) is 1.79. The van der Waals surface area contributed by atoms with E-state index in [2.05, 4.69) is 9.80 Å². The SMILES string of the molecule is COc1cc(C)c(S(=O)(=O)N(Cc2cc(C(=O)N3CCN(CCN4CCCCC4)CC3)co2)C2CC2)c(C)c1. The van der Waals surface area contributed by atoms with Crippen LogP contribution in [-0.2, 0) is 16.6 Å². The summed E-state index contributed by atoms with van der Waals surface area (Å²) >= 11 is 0. The van der Waals surface area contributed by atoms with Crippen LogP contribution in [0.1, 0.15) is 59.3 Å². The third kappa shape index (κ3) is 6.51. The lowest BCUT2D eigenvalue weighted by Crippen LogP contribution is -2.50. The van der Waals surface area contributed by atoms with Crippen LogP contribution >= 0.6 is 0 Å². The maximum Gasteiger partial charge on any atom is 0.257 e. The summed E-state index contributed by atoms with van der Waals surface area (Å²) in [6.45, 7) is 11.4. The number of aryl methyl sites for hydroxylation is 2. The number of furan rings is 1. The van der Waals surface area contributed by atoms with Crippen LogP contribution in [0.5, 0.6) is 5.75 Å². The summed E-state index contributed by atoms with van der Waals surface area (Å²) in [5.74, 6) is 1.07. The smallest absolute Gasteiger partial charge is 0.257 e. The van der Waals surface area contributed by atoms with Crippen LogP contribution in [-0.4, -0.2) is 98.8 Å². The molecule has 1 aliphatic carbocycles. The number of benzene rings is 1. The average molecular weight is 559 g/mol. The van der Waals surface area contributed by atoms with E-state index in [1.54, 1.807) is 39.2 Å². The van der Waals surface area contributed by atoms with Crippen LogP contribution in [0.4, 0.5) is 0 Å². The van der Waals surface area contributed by atoms with Gasteiger partial charge >= 0.3 is 0 Å². The second-order valence-corrected chi connectivity index (χ2v) is 13.0. The van der Waals surface area contributed by atoms with Gasteiger partial charge in [-0.1, -0.05) is 6.42 Å². The van der Waals surface area contributed by atoms with Gasteiger partial charge in [0.1, 0.15) is 17.8 Å². The van der Waals surface area contributed by atoms with Gasteiger partial charge in [-0.25, -0.2) is 8.42 Å². The number of likely N-dealkylation sites (tertiary alicyclic amines) is 1. The van der Waals surface area contributed by atoms with Gasteiger partial charge in [-0.05, 0) is 81.9 Å². The molecule has 2 aromatic rings. The highest BCUT2D eigenvalue weighted by atomic mass is 32.2. The van der Waals surface area contributed by atoms with Gasteiger partial charge in [-0.3, -0.25) is 9.69 Å².